The second-order valence-corrected chi connectivity index (χ2v) is 5.11. The van der Waals surface area contributed by atoms with Gasteiger partial charge in [-0.25, -0.2) is 4.79 Å². The minimum absolute atomic E-state index is 0.0371. The summed E-state index contributed by atoms with van der Waals surface area (Å²) in [5.74, 6) is -1.10. The van der Waals surface area contributed by atoms with E-state index in [1.54, 1.807) is 30.3 Å². The maximum absolute atomic E-state index is 11.2. The first-order valence-corrected chi connectivity index (χ1v) is 6.95. The van der Waals surface area contributed by atoms with Gasteiger partial charge in [0.25, 0.3) is 0 Å². The Hall–Kier alpha value is -1.40. The third-order valence-corrected chi connectivity index (χ3v) is 3.51. The third-order valence-electron chi connectivity index (χ3n) is 2.65. The Morgan fingerprint density at radius 1 is 1.15 bits per heavy atom. The van der Waals surface area contributed by atoms with Crippen LogP contribution in [0.2, 0.25) is 10.0 Å². The normalized spacial score (nSPS) is 10.3. The van der Waals surface area contributed by atoms with Crippen molar-refractivity contribution in [1.29, 1.82) is 0 Å². The highest BCUT2D eigenvalue weighted by molar-refractivity contribution is 7.95. The minimum Gasteiger partial charge on any atom is -0.478 e. The molecular formula is C13H9Cl2NO3S. The lowest BCUT2D eigenvalue weighted by molar-refractivity contribution is 0.0698. The molecule has 0 aliphatic rings. The van der Waals surface area contributed by atoms with E-state index < -0.39 is 5.97 Å². The Morgan fingerprint density at radius 3 is 2.50 bits per heavy atom. The maximum Gasteiger partial charge on any atom is 0.337 e. The molecule has 0 aromatic heterocycles. The molecule has 0 amide bonds. The number of carbonyl (C=O) groups is 1. The van der Waals surface area contributed by atoms with Crippen molar-refractivity contribution < 1.29 is 14.5 Å². The van der Waals surface area contributed by atoms with Gasteiger partial charge in [-0.05, 0) is 29.8 Å². The summed E-state index contributed by atoms with van der Waals surface area (Å²) in [4.78, 5) is 11.2. The predicted octanol–water partition coefficient (Wildman–Crippen LogP) is 4.89. The Bertz CT molecular complexity index is 664. The second-order valence-electron chi connectivity index (χ2n) is 3.88. The van der Waals surface area contributed by atoms with E-state index in [0.717, 1.165) is 0 Å². The number of halogens is 2. The Kier molecular flexibility index (Phi) is 4.77. The van der Waals surface area contributed by atoms with Crippen molar-refractivity contribution in [2.45, 2.75) is 0 Å². The SMILES string of the molecule is O=C(O)c1cc(-c2ccc(Cl)cc2Cl)ccc1NSO. The van der Waals surface area contributed by atoms with Crippen molar-refractivity contribution in [1.82, 2.24) is 0 Å². The zero-order valence-corrected chi connectivity index (χ0v) is 12.3. The molecule has 0 aliphatic carbocycles. The number of anilines is 1. The number of benzene rings is 2. The summed E-state index contributed by atoms with van der Waals surface area (Å²) in [5.41, 5.74) is 1.67. The number of carboxylic acids is 1. The molecule has 0 saturated carbocycles. The topological polar surface area (TPSA) is 69.6 Å². The van der Waals surface area contributed by atoms with Gasteiger partial charge < -0.3 is 14.4 Å². The third kappa shape index (κ3) is 3.19. The van der Waals surface area contributed by atoms with Gasteiger partial charge in [0, 0.05) is 15.6 Å². The van der Waals surface area contributed by atoms with E-state index in [1.165, 1.54) is 6.07 Å². The number of carboxylic acid groups (broad SMARTS) is 1. The molecule has 4 nitrogen and oxygen atoms in total. The van der Waals surface area contributed by atoms with Crippen LogP contribution in [0.15, 0.2) is 36.4 Å². The van der Waals surface area contributed by atoms with Gasteiger partial charge in [0.05, 0.1) is 11.3 Å². The lowest BCUT2D eigenvalue weighted by Gasteiger charge is -2.10. The van der Waals surface area contributed by atoms with Crippen molar-refractivity contribution in [3.05, 3.63) is 52.0 Å². The Balaban J connectivity index is 2.53. The maximum atomic E-state index is 11.2. The van der Waals surface area contributed by atoms with Gasteiger partial charge in [0.15, 0.2) is 0 Å². The number of hydrogen-bond donors (Lipinski definition) is 3. The summed E-state index contributed by atoms with van der Waals surface area (Å²) in [6.07, 6.45) is 0. The molecular weight excluding hydrogens is 321 g/mol. The van der Waals surface area contributed by atoms with Crippen LogP contribution in [0.3, 0.4) is 0 Å². The standard InChI is InChI=1S/C13H9Cl2NO3S/c14-8-2-3-9(11(15)6-8)7-1-4-12(16-20-19)10(5-7)13(17)18/h1-6,16,19H,(H,17,18). The lowest BCUT2D eigenvalue weighted by atomic mass is 10.0. The van der Waals surface area contributed by atoms with Gasteiger partial charge in [0.2, 0.25) is 0 Å². The number of nitrogens with one attached hydrogen (secondary N) is 1. The van der Waals surface area contributed by atoms with E-state index in [9.17, 15) is 9.90 Å². The molecule has 0 saturated heterocycles. The van der Waals surface area contributed by atoms with Gasteiger partial charge in [0.1, 0.15) is 12.2 Å². The van der Waals surface area contributed by atoms with E-state index in [-0.39, 0.29) is 5.56 Å². The fourth-order valence-electron chi connectivity index (χ4n) is 1.75. The first-order valence-electron chi connectivity index (χ1n) is 5.42. The smallest absolute Gasteiger partial charge is 0.337 e. The van der Waals surface area contributed by atoms with Crippen molar-refractivity contribution in [3.8, 4) is 11.1 Å². The van der Waals surface area contributed by atoms with Crippen molar-refractivity contribution in [2.24, 2.45) is 0 Å². The van der Waals surface area contributed by atoms with Gasteiger partial charge in [-0.3, -0.25) is 0 Å². The summed E-state index contributed by atoms with van der Waals surface area (Å²) in [5, 5.41) is 10.1. The highest BCUT2D eigenvalue weighted by atomic mass is 35.5. The van der Waals surface area contributed by atoms with Crippen LogP contribution in [0.1, 0.15) is 10.4 Å². The van der Waals surface area contributed by atoms with Crippen LogP contribution >= 0.6 is 35.4 Å². The van der Waals surface area contributed by atoms with Crippen LogP contribution < -0.4 is 4.72 Å². The van der Waals surface area contributed by atoms with Crippen molar-refractivity contribution in [2.75, 3.05) is 4.72 Å². The molecule has 0 fully saturated rings. The molecule has 3 N–H and O–H groups in total. The average molecular weight is 330 g/mol. The zero-order chi connectivity index (χ0) is 14.7. The molecule has 20 heavy (non-hydrogen) atoms. The van der Waals surface area contributed by atoms with Gasteiger partial charge in [-0.1, -0.05) is 35.3 Å². The monoisotopic (exact) mass is 329 g/mol. The summed E-state index contributed by atoms with van der Waals surface area (Å²) in [7, 11) is 0. The highest BCUT2D eigenvalue weighted by Crippen LogP contribution is 2.32. The van der Waals surface area contributed by atoms with Crippen LogP contribution in [0, 0.1) is 0 Å². The predicted molar refractivity (Wildman–Crippen MR) is 82.7 cm³/mol. The second kappa shape index (κ2) is 6.37. The molecule has 104 valence electrons. The fourth-order valence-corrected chi connectivity index (χ4v) is 2.54. The molecule has 0 bridgehead atoms. The van der Waals surface area contributed by atoms with E-state index in [1.807, 2.05) is 0 Å². The van der Waals surface area contributed by atoms with Crippen molar-refractivity contribution in [3.63, 3.8) is 0 Å². The summed E-state index contributed by atoms with van der Waals surface area (Å²) < 4.78 is 11.3. The fraction of sp³-hybridized carbons (Fsp3) is 0. The first-order chi connectivity index (χ1) is 9.52. The Morgan fingerprint density at radius 2 is 1.90 bits per heavy atom. The number of aromatic carboxylic acids is 1. The number of hydrogen-bond acceptors (Lipinski definition) is 4. The summed E-state index contributed by atoms with van der Waals surface area (Å²) in [6.45, 7) is 0. The molecule has 2 aromatic rings. The van der Waals surface area contributed by atoms with Crippen molar-refractivity contribution >= 4 is 47.1 Å². The largest absolute Gasteiger partial charge is 0.478 e. The Labute approximate surface area is 129 Å². The molecule has 0 atom stereocenters. The number of rotatable bonds is 4. The summed E-state index contributed by atoms with van der Waals surface area (Å²) in [6, 6.07) is 9.75. The van der Waals surface area contributed by atoms with Crippen LogP contribution in [0.25, 0.3) is 11.1 Å². The van der Waals surface area contributed by atoms with E-state index in [0.29, 0.717) is 39.1 Å². The molecule has 0 heterocycles. The van der Waals surface area contributed by atoms with E-state index >= 15 is 0 Å². The molecule has 7 heteroatoms. The quantitative estimate of drug-likeness (QED) is 0.550. The van der Waals surface area contributed by atoms with E-state index in [4.69, 9.17) is 27.8 Å². The van der Waals surface area contributed by atoms with Gasteiger partial charge >= 0.3 is 5.97 Å². The summed E-state index contributed by atoms with van der Waals surface area (Å²) >= 11 is 12.3. The van der Waals surface area contributed by atoms with Crippen LogP contribution in [-0.4, -0.2) is 15.6 Å². The first kappa shape index (κ1) is 15.0. The van der Waals surface area contributed by atoms with Crippen LogP contribution in [0.5, 0.6) is 0 Å². The lowest BCUT2D eigenvalue weighted by Crippen LogP contribution is -2.01. The molecule has 0 spiro atoms. The minimum atomic E-state index is -1.10. The zero-order valence-electron chi connectivity index (χ0n) is 9.93. The average Bonchev–Trinajstić information content (AvgIpc) is 2.39. The van der Waals surface area contributed by atoms with Gasteiger partial charge in [-0.15, -0.1) is 0 Å². The molecule has 0 aliphatic heterocycles. The molecule has 2 aromatic carbocycles. The van der Waals surface area contributed by atoms with E-state index in [2.05, 4.69) is 4.72 Å². The molecule has 0 unspecified atom stereocenters. The molecule has 0 radical (unpaired) electrons. The van der Waals surface area contributed by atoms with Crippen LogP contribution in [0.4, 0.5) is 5.69 Å². The van der Waals surface area contributed by atoms with Gasteiger partial charge in [-0.2, -0.15) is 0 Å². The molecule has 2 rings (SSSR count). The highest BCUT2D eigenvalue weighted by Gasteiger charge is 2.13. The van der Waals surface area contributed by atoms with Crippen LogP contribution in [-0.2, 0) is 0 Å².